The largest absolute Gasteiger partial charge is 0.455 e. The molecule has 0 saturated heterocycles. The average molecular weight is 493 g/mol. The number of hydrogen-bond acceptors (Lipinski definition) is 7. The number of amides is 1. The number of anilines is 1. The first kappa shape index (κ1) is 22.4. The highest BCUT2D eigenvalue weighted by Gasteiger charge is 2.36. The number of rotatable bonds is 4. The summed E-state index contributed by atoms with van der Waals surface area (Å²) in [4.78, 5) is 19.1. The number of ether oxygens (including phenoxy) is 1. The van der Waals surface area contributed by atoms with Gasteiger partial charge in [-0.1, -0.05) is 60.6 Å². The molecule has 2 aromatic heterocycles. The fourth-order valence-corrected chi connectivity index (χ4v) is 4.61. The summed E-state index contributed by atoms with van der Waals surface area (Å²) in [6.45, 7) is 5.44. The highest BCUT2D eigenvalue weighted by Crippen LogP contribution is 2.44. The molecule has 0 saturated carbocycles. The van der Waals surface area contributed by atoms with Crippen molar-refractivity contribution >= 4 is 35.0 Å². The zero-order chi connectivity index (χ0) is 23.8. The van der Waals surface area contributed by atoms with Crippen LogP contribution in [0.15, 0.2) is 64.2 Å². The molecular formula is C25H21ClN4O3S. The summed E-state index contributed by atoms with van der Waals surface area (Å²) in [7, 11) is 0. The first-order chi connectivity index (χ1) is 16.5. The van der Waals surface area contributed by atoms with Gasteiger partial charge in [-0.25, -0.2) is 0 Å². The van der Waals surface area contributed by atoms with E-state index >= 15 is 0 Å². The maximum Gasteiger partial charge on any atom is 0.247 e. The predicted molar refractivity (Wildman–Crippen MR) is 132 cm³/mol. The molecule has 172 valence electrons. The zero-order valence-electron chi connectivity index (χ0n) is 18.8. The van der Waals surface area contributed by atoms with Crippen molar-refractivity contribution in [3.63, 3.8) is 0 Å². The number of para-hydroxylation sites is 1. The molecule has 1 amide bonds. The molecular weight excluding hydrogens is 472 g/mol. The molecule has 4 aromatic rings. The van der Waals surface area contributed by atoms with Gasteiger partial charge in [0.25, 0.3) is 0 Å². The van der Waals surface area contributed by atoms with Gasteiger partial charge in [-0.3, -0.25) is 9.69 Å². The molecule has 5 rings (SSSR count). The summed E-state index contributed by atoms with van der Waals surface area (Å²) in [6.07, 6.45) is -0.885. The van der Waals surface area contributed by atoms with Gasteiger partial charge in [0.15, 0.2) is 11.5 Å². The van der Waals surface area contributed by atoms with E-state index in [9.17, 15) is 4.79 Å². The Kier molecular flexibility index (Phi) is 6.02. The standard InChI is InChI=1S/C25H21ClN4O3S/c1-4-34-25-27-23-22(28-29-25)17-8-5-6-11-19(17)30(15(3)31)24(33-23)21-13-12-20(32-21)16-9-7-10-18(26)14(16)2/h5-13,24H,4H2,1-3H3/t24-/m1/s1. The van der Waals surface area contributed by atoms with E-state index < -0.39 is 6.23 Å². The van der Waals surface area contributed by atoms with Crippen LogP contribution in [-0.2, 0) is 4.79 Å². The van der Waals surface area contributed by atoms with Crippen LogP contribution >= 0.6 is 23.4 Å². The van der Waals surface area contributed by atoms with Gasteiger partial charge >= 0.3 is 0 Å². The third-order valence-corrected chi connectivity index (χ3v) is 6.66. The highest BCUT2D eigenvalue weighted by atomic mass is 35.5. The number of hydrogen-bond donors (Lipinski definition) is 0. The lowest BCUT2D eigenvalue weighted by Gasteiger charge is -2.28. The molecule has 7 nitrogen and oxygen atoms in total. The van der Waals surface area contributed by atoms with E-state index in [1.165, 1.54) is 18.7 Å². The van der Waals surface area contributed by atoms with E-state index in [4.69, 9.17) is 20.8 Å². The molecule has 0 aliphatic carbocycles. The number of aromatic nitrogens is 3. The second-order valence-corrected chi connectivity index (χ2v) is 9.31. The molecule has 1 aliphatic rings. The molecule has 0 radical (unpaired) electrons. The normalized spacial score (nSPS) is 14.7. The van der Waals surface area contributed by atoms with Crippen molar-refractivity contribution in [2.45, 2.75) is 32.2 Å². The summed E-state index contributed by atoms with van der Waals surface area (Å²) >= 11 is 7.78. The van der Waals surface area contributed by atoms with Gasteiger partial charge in [0.1, 0.15) is 5.76 Å². The quantitative estimate of drug-likeness (QED) is 0.308. The second-order valence-electron chi connectivity index (χ2n) is 7.67. The van der Waals surface area contributed by atoms with Gasteiger partial charge in [-0.2, -0.15) is 4.98 Å². The van der Waals surface area contributed by atoms with Crippen LogP contribution in [0.25, 0.3) is 22.6 Å². The number of benzene rings is 2. The van der Waals surface area contributed by atoms with Gasteiger partial charge in [0, 0.05) is 23.1 Å². The number of thioether (sulfide) groups is 1. The van der Waals surface area contributed by atoms with Crippen LogP contribution in [0, 0.1) is 6.92 Å². The maximum absolute atomic E-state index is 12.9. The van der Waals surface area contributed by atoms with Crippen molar-refractivity contribution in [2.75, 3.05) is 10.7 Å². The highest BCUT2D eigenvalue weighted by molar-refractivity contribution is 7.99. The Balaban J connectivity index is 1.66. The van der Waals surface area contributed by atoms with Crippen LogP contribution in [0.5, 0.6) is 5.88 Å². The topological polar surface area (TPSA) is 81.3 Å². The lowest BCUT2D eigenvalue weighted by molar-refractivity contribution is -0.118. The maximum atomic E-state index is 12.9. The Morgan fingerprint density at radius 3 is 2.68 bits per heavy atom. The number of halogens is 1. The zero-order valence-corrected chi connectivity index (χ0v) is 20.4. The lowest BCUT2D eigenvalue weighted by atomic mass is 10.1. The fourth-order valence-electron chi connectivity index (χ4n) is 3.93. The molecule has 1 aliphatic heterocycles. The van der Waals surface area contributed by atoms with E-state index in [2.05, 4.69) is 15.2 Å². The van der Waals surface area contributed by atoms with E-state index in [0.29, 0.717) is 44.5 Å². The van der Waals surface area contributed by atoms with Crippen molar-refractivity contribution in [1.82, 2.24) is 15.2 Å². The minimum absolute atomic E-state index is 0.210. The Bertz CT molecular complexity index is 1390. The molecule has 1 atom stereocenters. The second kappa shape index (κ2) is 9.12. The molecule has 0 spiro atoms. The fraction of sp³-hybridized carbons (Fsp3) is 0.200. The summed E-state index contributed by atoms with van der Waals surface area (Å²) in [5, 5.41) is 9.78. The van der Waals surface area contributed by atoms with Gasteiger partial charge in [-0.15, -0.1) is 10.2 Å². The SMILES string of the molecule is CCSc1nnc2c(n1)O[C@H](c1ccc(-c3cccc(Cl)c3C)o1)N(C(C)=O)c1ccccc1-2. The van der Waals surface area contributed by atoms with Crippen LogP contribution in [0.4, 0.5) is 5.69 Å². The van der Waals surface area contributed by atoms with Crippen LogP contribution < -0.4 is 9.64 Å². The summed E-state index contributed by atoms with van der Waals surface area (Å²) in [5.41, 5.74) is 3.60. The van der Waals surface area contributed by atoms with Gasteiger partial charge < -0.3 is 9.15 Å². The number of carbonyl (C=O) groups excluding carboxylic acids is 1. The number of carbonyl (C=O) groups is 1. The molecule has 0 unspecified atom stereocenters. The number of fused-ring (bicyclic) bond motifs is 3. The summed E-state index contributed by atoms with van der Waals surface area (Å²) in [5.74, 6) is 1.96. The van der Waals surface area contributed by atoms with Crippen molar-refractivity contribution in [2.24, 2.45) is 0 Å². The predicted octanol–water partition coefficient (Wildman–Crippen LogP) is 6.32. The minimum Gasteiger partial charge on any atom is -0.455 e. The first-order valence-electron chi connectivity index (χ1n) is 10.8. The molecule has 0 N–H and O–H groups in total. The monoisotopic (exact) mass is 492 g/mol. The third kappa shape index (κ3) is 3.93. The Morgan fingerprint density at radius 1 is 1.09 bits per heavy atom. The van der Waals surface area contributed by atoms with Crippen molar-refractivity contribution in [3.8, 4) is 28.5 Å². The summed E-state index contributed by atoms with van der Waals surface area (Å²) in [6, 6.07) is 16.8. The molecule has 0 fully saturated rings. The van der Waals surface area contributed by atoms with Crippen molar-refractivity contribution in [1.29, 1.82) is 0 Å². The van der Waals surface area contributed by atoms with Crippen molar-refractivity contribution in [3.05, 3.63) is 70.9 Å². The van der Waals surface area contributed by atoms with Gasteiger partial charge in [0.2, 0.25) is 23.2 Å². The van der Waals surface area contributed by atoms with Crippen LogP contribution in [0.1, 0.15) is 31.4 Å². The van der Waals surface area contributed by atoms with Crippen LogP contribution in [0.3, 0.4) is 0 Å². The first-order valence-corrected chi connectivity index (χ1v) is 12.1. The molecule has 9 heteroatoms. The Hall–Kier alpha value is -3.36. The Labute approximate surface area is 206 Å². The minimum atomic E-state index is -0.885. The smallest absolute Gasteiger partial charge is 0.247 e. The molecule has 0 bridgehead atoms. The Morgan fingerprint density at radius 2 is 1.88 bits per heavy atom. The van der Waals surface area contributed by atoms with Gasteiger partial charge in [-0.05, 0) is 42.5 Å². The molecule has 3 heterocycles. The van der Waals surface area contributed by atoms with Crippen LogP contribution in [0.2, 0.25) is 5.02 Å². The molecule has 34 heavy (non-hydrogen) atoms. The number of nitrogens with zero attached hydrogens (tertiary/aromatic N) is 4. The van der Waals surface area contributed by atoms with Gasteiger partial charge in [0.05, 0.1) is 5.69 Å². The van der Waals surface area contributed by atoms with E-state index in [1.54, 1.807) is 11.0 Å². The molecule has 2 aromatic carbocycles. The number of furan rings is 1. The lowest BCUT2D eigenvalue weighted by Crippen LogP contribution is -2.35. The van der Waals surface area contributed by atoms with E-state index in [1.807, 2.05) is 62.4 Å². The summed E-state index contributed by atoms with van der Waals surface area (Å²) < 4.78 is 12.6. The third-order valence-electron chi connectivity index (χ3n) is 5.53. The van der Waals surface area contributed by atoms with Crippen molar-refractivity contribution < 1.29 is 13.9 Å². The van der Waals surface area contributed by atoms with E-state index in [-0.39, 0.29) is 5.91 Å². The van der Waals surface area contributed by atoms with Crippen LogP contribution in [-0.4, -0.2) is 26.8 Å². The van der Waals surface area contributed by atoms with E-state index in [0.717, 1.165) is 16.9 Å². The average Bonchev–Trinajstić information content (AvgIpc) is 3.25.